The van der Waals surface area contributed by atoms with Crippen molar-refractivity contribution in [3.8, 4) is 11.1 Å². The van der Waals surface area contributed by atoms with Gasteiger partial charge in [0, 0.05) is 23.1 Å². The fraction of sp³-hybridized carbons (Fsp3) is 0.188. The van der Waals surface area contributed by atoms with Gasteiger partial charge in [-0.3, -0.25) is 0 Å². The van der Waals surface area contributed by atoms with Crippen molar-refractivity contribution in [1.29, 1.82) is 0 Å². The Bertz CT molecular complexity index is 708. The lowest BCUT2D eigenvalue weighted by Crippen LogP contribution is -2.25. The summed E-state index contributed by atoms with van der Waals surface area (Å²) in [7, 11) is 2.02. The third-order valence-electron chi connectivity index (χ3n) is 3.48. The van der Waals surface area contributed by atoms with Crippen LogP contribution >= 0.6 is 0 Å². The van der Waals surface area contributed by atoms with E-state index in [2.05, 4.69) is 50.5 Å². The number of hydrogen-bond donors (Lipinski definition) is 0. The molecule has 90 valence electrons. The Morgan fingerprint density at radius 1 is 1.00 bits per heavy atom. The van der Waals surface area contributed by atoms with Gasteiger partial charge >= 0.3 is 0 Å². The molecule has 0 atom stereocenters. The van der Waals surface area contributed by atoms with Gasteiger partial charge in [-0.2, -0.15) is 0 Å². The lowest BCUT2D eigenvalue weighted by Gasteiger charge is -2.01. The minimum Gasteiger partial charge on any atom is -0.464 e. The molecule has 0 fully saturated rings. The second-order valence-corrected chi connectivity index (χ2v) is 4.83. The molecule has 2 nitrogen and oxygen atoms in total. The number of benzene rings is 1. The Hall–Kier alpha value is -2.09. The van der Waals surface area contributed by atoms with E-state index in [9.17, 15) is 0 Å². The number of fused-ring (bicyclic) bond motifs is 1. The zero-order valence-corrected chi connectivity index (χ0v) is 10.9. The van der Waals surface area contributed by atoms with Crippen LogP contribution in [0.3, 0.4) is 0 Å². The lowest BCUT2D eigenvalue weighted by molar-refractivity contribution is -0.671. The van der Waals surface area contributed by atoms with Crippen molar-refractivity contribution in [3.63, 3.8) is 0 Å². The Balaban J connectivity index is 2.23. The summed E-state index contributed by atoms with van der Waals surface area (Å²) < 4.78 is 7.69. The summed E-state index contributed by atoms with van der Waals surface area (Å²) >= 11 is 0. The molecule has 0 unspecified atom stereocenters. The Kier molecular flexibility index (Phi) is 2.44. The fourth-order valence-electron chi connectivity index (χ4n) is 2.19. The molecule has 2 heterocycles. The molecule has 0 aliphatic carbocycles. The maximum atomic E-state index is 5.66. The van der Waals surface area contributed by atoms with Crippen molar-refractivity contribution in [1.82, 2.24) is 0 Å². The molecule has 0 aliphatic rings. The second-order valence-electron chi connectivity index (χ2n) is 4.83. The summed E-state index contributed by atoms with van der Waals surface area (Å²) in [6.07, 6.45) is 5.95. The smallest absolute Gasteiger partial charge is 0.169 e. The lowest BCUT2D eigenvalue weighted by atomic mass is 10.0. The van der Waals surface area contributed by atoms with Crippen LogP contribution in [0.5, 0.6) is 0 Å². The maximum absolute atomic E-state index is 5.66. The standard InChI is InChI=1S/C16H16NO/c1-11-8-14-15(10-18-16(14)9-12(11)2)13-4-6-17(3)7-5-13/h4-10H,1-3H3/q+1. The van der Waals surface area contributed by atoms with Crippen molar-refractivity contribution in [3.05, 3.63) is 54.0 Å². The highest BCUT2D eigenvalue weighted by Gasteiger charge is 2.10. The van der Waals surface area contributed by atoms with Crippen LogP contribution in [-0.2, 0) is 7.05 Å². The molecule has 3 aromatic rings. The van der Waals surface area contributed by atoms with Crippen LogP contribution < -0.4 is 4.57 Å². The summed E-state index contributed by atoms with van der Waals surface area (Å²) in [5, 5.41) is 1.19. The number of aromatic nitrogens is 1. The largest absolute Gasteiger partial charge is 0.464 e. The van der Waals surface area contributed by atoms with Crippen LogP contribution in [0.4, 0.5) is 0 Å². The normalized spacial score (nSPS) is 11.1. The monoisotopic (exact) mass is 238 g/mol. The number of pyridine rings is 1. The quantitative estimate of drug-likeness (QED) is 0.593. The average Bonchev–Trinajstić information content (AvgIpc) is 2.74. The molecular weight excluding hydrogens is 222 g/mol. The van der Waals surface area contributed by atoms with Crippen LogP contribution in [-0.4, -0.2) is 0 Å². The van der Waals surface area contributed by atoms with Gasteiger partial charge in [0.05, 0.1) is 6.26 Å². The van der Waals surface area contributed by atoms with Gasteiger partial charge in [-0.25, -0.2) is 4.57 Å². The molecule has 0 saturated heterocycles. The Labute approximate surface area is 106 Å². The van der Waals surface area contributed by atoms with E-state index in [0.717, 1.165) is 11.1 Å². The molecule has 1 aromatic carbocycles. The highest BCUT2D eigenvalue weighted by Crippen LogP contribution is 2.31. The van der Waals surface area contributed by atoms with E-state index in [1.54, 1.807) is 0 Å². The molecule has 18 heavy (non-hydrogen) atoms. The number of rotatable bonds is 1. The van der Waals surface area contributed by atoms with E-state index in [0.29, 0.717) is 0 Å². The number of hydrogen-bond acceptors (Lipinski definition) is 1. The zero-order valence-electron chi connectivity index (χ0n) is 10.9. The van der Waals surface area contributed by atoms with Gasteiger partial charge < -0.3 is 4.42 Å². The van der Waals surface area contributed by atoms with Crippen molar-refractivity contribution in [2.24, 2.45) is 7.05 Å². The van der Waals surface area contributed by atoms with Gasteiger partial charge in [-0.05, 0) is 42.7 Å². The summed E-state index contributed by atoms with van der Waals surface area (Å²) in [5.74, 6) is 0. The first kappa shape index (κ1) is 11.0. The summed E-state index contributed by atoms with van der Waals surface area (Å²) in [4.78, 5) is 0. The molecule has 0 N–H and O–H groups in total. The Morgan fingerprint density at radius 3 is 2.39 bits per heavy atom. The Morgan fingerprint density at radius 2 is 1.67 bits per heavy atom. The van der Waals surface area contributed by atoms with Gasteiger partial charge in [0.2, 0.25) is 0 Å². The summed E-state index contributed by atoms with van der Waals surface area (Å²) in [5.41, 5.74) is 5.87. The first-order valence-electron chi connectivity index (χ1n) is 6.09. The van der Waals surface area contributed by atoms with Gasteiger partial charge in [0.1, 0.15) is 12.6 Å². The molecular formula is C16H16NO+. The summed E-state index contributed by atoms with van der Waals surface area (Å²) in [6.45, 7) is 4.25. The SMILES string of the molecule is Cc1cc2occ(-c3cc[n+](C)cc3)c2cc1C. The molecule has 2 heteroatoms. The van der Waals surface area contributed by atoms with Crippen molar-refractivity contribution >= 4 is 11.0 Å². The summed E-state index contributed by atoms with van der Waals surface area (Å²) in [6, 6.07) is 8.53. The van der Waals surface area contributed by atoms with E-state index >= 15 is 0 Å². The van der Waals surface area contributed by atoms with Crippen LogP contribution in [0, 0.1) is 13.8 Å². The molecule has 0 aliphatic heterocycles. The molecule has 3 rings (SSSR count). The van der Waals surface area contributed by atoms with E-state index in [1.165, 1.54) is 22.1 Å². The van der Waals surface area contributed by atoms with Crippen molar-refractivity contribution < 1.29 is 8.98 Å². The molecule has 0 spiro atoms. The van der Waals surface area contributed by atoms with Crippen LogP contribution in [0.2, 0.25) is 0 Å². The van der Waals surface area contributed by atoms with Crippen molar-refractivity contribution in [2.75, 3.05) is 0 Å². The highest BCUT2D eigenvalue weighted by atomic mass is 16.3. The molecule has 0 amide bonds. The van der Waals surface area contributed by atoms with Gasteiger partial charge in [-0.1, -0.05) is 0 Å². The minimum atomic E-state index is 0.960. The van der Waals surface area contributed by atoms with Crippen LogP contribution in [0.15, 0.2) is 47.3 Å². The second kappa shape index (κ2) is 3.98. The maximum Gasteiger partial charge on any atom is 0.169 e. The number of nitrogens with zero attached hydrogens (tertiary/aromatic N) is 1. The molecule has 0 saturated carbocycles. The van der Waals surface area contributed by atoms with E-state index in [4.69, 9.17) is 4.42 Å². The molecule has 0 radical (unpaired) electrons. The van der Waals surface area contributed by atoms with Gasteiger partial charge in [-0.15, -0.1) is 0 Å². The third kappa shape index (κ3) is 1.70. The third-order valence-corrected chi connectivity index (χ3v) is 3.48. The van der Waals surface area contributed by atoms with Crippen LogP contribution in [0.1, 0.15) is 11.1 Å². The fourth-order valence-corrected chi connectivity index (χ4v) is 2.19. The first-order chi connectivity index (χ1) is 8.65. The van der Waals surface area contributed by atoms with E-state index in [-0.39, 0.29) is 0 Å². The average molecular weight is 238 g/mol. The topological polar surface area (TPSA) is 17.0 Å². The minimum absolute atomic E-state index is 0.960. The van der Waals surface area contributed by atoms with Crippen LogP contribution in [0.25, 0.3) is 22.1 Å². The van der Waals surface area contributed by atoms with E-state index in [1.807, 2.05) is 17.9 Å². The number of furan rings is 1. The zero-order chi connectivity index (χ0) is 12.7. The molecule has 2 aromatic heterocycles. The predicted octanol–water partition coefficient (Wildman–Crippen LogP) is 3.54. The van der Waals surface area contributed by atoms with Crippen molar-refractivity contribution in [2.45, 2.75) is 13.8 Å². The van der Waals surface area contributed by atoms with Gasteiger partial charge in [0.15, 0.2) is 12.4 Å². The predicted molar refractivity (Wildman–Crippen MR) is 72.3 cm³/mol. The number of aryl methyl sites for hydroxylation is 3. The highest BCUT2D eigenvalue weighted by molar-refractivity contribution is 5.94. The van der Waals surface area contributed by atoms with Gasteiger partial charge in [0.25, 0.3) is 0 Å². The molecule has 0 bridgehead atoms. The van der Waals surface area contributed by atoms with E-state index < -0.39 is 0 Å². The first-order valence-corrected chi connectivity index (χ1v) is 6.09.